The third-order valence-corrected chi connectivity index (χ3v) is 4.60. The highest BCUT2D eigenvalue weighted by Gasteiger charge is 2.25. The van der Waals surface area contributed by atoms with Gasteiger partial charge in [0.1, 0.15) is 17.6 Å². The number of guanidine groups is 1. The molecule has 2 unspecified atom stereocenters. The number of ether oxygens (including phenoxy) is 4. The Morgan fingerprint density at radius 1 is 1.21 bits per heavy atom. The van der Waals surface area contributed by atoms with E-state index < -0.39 is 0 Å². The van der Waals surface area contributed by atoms with E-state index in [1.165, 1.54) is 0 Å². The van der Waals surface area contributed by atoms with Crippen LogP contribution in [0.15, 0.2) is 29.3 Å². The number of nitrogens with zero attached hydrogens (tertiary/aromatic N) is 2. The molecule has 0 radical (unpaired) electrons. The molecule has 0 spiro atoms. The fourth-order valence-electron chi connectivity index (χ4n) is 3.12. The van der Waals surface area contributed by atoms with Gasteiger partial charge in [-0.1, -0.05) is 0 Å². The molecule has 158 valence electrons. The van der Waals surface area contributed by atoms with E-state index in [2.05, 4.69) is 17.1 Å². The maximum Gasteiger partial charge on any atom is 0.194 e. The molecular weight excluding hydrogens is 358 g/mol. The monoisotopic (exact) mass is 393 g/mol. The SMILES string of the molecule is CCNC(=NCC(C)Oc1ccc(OC)cc1)N1CCC(COCCOC)C1. The molecule has 1 aliphatic heterocycles. The molecule has 0 aromatic heterocycles. The summed E-state index contributed by atoms with van der Waals surface area (Å²) in [5.74, 6) is 3.13. The van der Waals surface area contributed by atoms with Crippen molar-refractivity contribution in [2.75, 3.05) is 60.2 Å². The van der Waals surface area contributed by atoms with Crippen molar-refractivity contribution in [1.82, 2.24) is 10.2 Å². The number of rotatable bonds is 11. The number of hydrogen-bond donors (Lipinski definition) is 1. The zero-order valence-corrected chi connectivity index (χ0v) is 17.6. The molecule has 1 fully saturated rings. The number of likely N-dealkylation sites (tertiary alicyclic amines) is 1. The lowest BCUT2D eigenvalue weighted by Gasteiger charge is -2.22. The largest absolute Gasteiger partial charge is 0.497 e. The van der Waals surface area contributed by atoms with E-state index in [0.717, 1.165) is 50.1 Å². The first-order valence-corrected chi connectivity index (χ1v) is 10.1. The Kier molecular flexibility index (Phi) is 9.93. The second-order valence-electron chi connectivity index (χ2n) is 6.97. The normalized spacial score (nSPS) is 18.2. The highest BCUT2D eigenvalue weighted by Crippen LogP contribution is 2.19. The Morgan fingerprint density at radius 3 is 2.64 bits per heavy atom. The van der Waals surface area contributed by atoms with E-state index >= 15 is 0 Å². The Bertz CT molecular complexity index is 580. The van der Waals surface area contributed by atoms with E-state index in [0.29, 0.717) is 25.7 Å². The van der Waals surface area contributed by atoms with Gasteiger partial charge in [0.25, 0.3) is 0 Å². The van der Waals surface area contributed by atoms with Gasteiger partial charge in [-0.3, -0.25) is 0 Å². The van der Waals surface area contributed by atoms with Crippen molar-refractivity contribution in [1.29, 1.82) is 0 Å². The van der Waals surface area contributed by atoms with Crippen LogP contribution in [0.5, 0.6) is 11.5 Å². The molecule has 1 heterocycles. The third-order valence-electron chi connectivity index (χ3n) is 4.60. The highest BCUT2D eigenvalue weighted by molar-refractivity contribution is 5.80. The van der Waals surface area contributed by atoms with Crippen molar-refractivity contribution in [2.24, 2.45) is 10.9 Å². The second kappa shape index (κ2) is 12.5. The zero-order valence-electron chi connectivity index (χ0n) is 17.6. The summed E-state index contributed by atoms with van der Waals surface area (Å²) < 4.78 is 21.8. The van der Waals surface area contributed by atoms with Gasteiger partial charge >= 0.3 is 0 Å². The van der Waals surface area contributed by atoms with Crippen LogP contribution in [0.1, 0.15) is 20.3 Å². The molecule has 1 aliphatic rings. The van der Waals surface area contributed by atoms with E-state index in [9.17, 15) is 0 Å². The highest BCUT2D eigenvalue weighted by atomic mass is 16.5. The van der Waals surface area contributed by atoms with Gasteiger partial charge in [-0.15, -0.1) is 0 Å². The number of methoxy groups -OCH3 is 2. The van der Waals surface area contributed by atoms with E-state index in [4.69, 9.17) is 23.9 Å². The number of benzene rings is 1. The minimum atomic E-state index is -0.0159. The van der Waals surface area contributed by atoms with Crippen LogP contribution < -0.4 is 14.8 Å². The molecule has 1 saturated heterocycles. The molecule has 7 heteroatoms. The van der Waals surface area contributed by atoms with E-state index in [-0.39, 0.29) is 6.10 Å². The van der Waals surface area contributed by atoms with Gasteiger partial charge in [0.05, 0.1) is 33.5 Å². The molecule has 28 heavy (non-hydrogen) atoms. The van der Waals surface area contributed by atoms with Gasteiger partial charge in [-0.05, 0) is 44.5 Å². The molecule has 0 amide bonds. The van der Waals surface area contributed by atoms with Gasteiger partial charge in [-0.2, -0.15) is 0 Å². The Balaban J connectivity index is 1.82. The van der Waals surface area contributed by atoms with Crippen molar-refractivity contribution in [2.45, 2.75) is 26.4 Å². The third kappa shape index (κ3) is 7.56. The van der Waals surface area contributed by atoms with Crippen LogP contribution in [0.25, 0.3) is 0 Å². The van der Waals surface area contributed by atoms with E-state index in [1.54, 1.807) is 14.2 Å². The number of hydrogen-bond acceptors (Lipinski definition) is 5. The summed E-state index contributed by atoms with van der Waals surface area (Å²) in [4.78, 5) is 7.10. The average molecular weight is 394 g/mol. The molecular formula is C21H35N3O4. The Morgan fingerprint density at radius 2 is 1.96 bits per heavy atom. The minimum Gasteiger partial charge on any atom is -0.497 e. The van der Waals surface area contributed by atoms with Crippen molar-refractivity contribution in [3.8, 4) is 11.5 Å². The van der Waals surface area contributed by atoms with Crippen LogP contribution >= 0.6 is 0 Å². The maximum atomic E-state index is 5.96. The van der Waals surface area contributed by atoms with Crippen molar-refractivity contribution < 1.29 is 18.9 Å². The van der Waals surface area contributed by atoms with Crippen molar-refractivity contribution >= 4 is 5.96 Å². The lowest BCUT2D eigenvalue weighted by molar-refractivity contribution is 0.0536. The molecule has 1 aromatic carbocycles. The van der Waals surface area contributed by atoms with E-state index in [1.807, 2.05) is 31.2 Å². The fraction of sp³-hybridized carbons (Fsp3) is 0.667. The van der Waals surface area contributed by atoms with Crippen LogP contribution in [0.4, 0.5) is 0 Å². The second-order valence-corrected chi connectivity index (χ2v) is 6.97. The summed E-state index contributed by atoms with van der Waals surface area (Å²) in [6.07, 6.45) is 1.10. The molecule has 7 nitrogen and oxygen atoms in total. The predicted octanol–water partition coefficient (Wildman–Crippen LogP) is 2.41. The fourth-order valence-corrected chi connectivity index (χ4v) is 3.12. The Labute approximate surface area is 169 Å². The van der Waals surface area contributed by atoms with Crippen LogP contribution in [-0.2, 0) is 9.47 Å². The first-order valence-electron chi connectivity index (χ1n) is 10.1. The summed E-state index contributed by atoms with van der Waals surface area (Å²) in [6.45, 7) is 9.61. The molecule has 0 saturated carbocycles. The predicted molar refractivity (Wildman–Crippen MR) is 111 cm³/mol. The van der Waals surface area contributed by atoms with Crippen LogP contribution in [0, 0.1) is 5.92 Å². The Hall–Kier alpha value is -1.99. The summed E-state index contributed by atoms with van der Waals surface area (Å²) >= 11 is 0. The lowest BCUT2D eigenvalue weighted by Crippen LogP contribution is -2.41. The summed E-state index contributed by atoms with van der Waals surface area (Å²) in [6, 6.07) is 7.63. The average Bonchev–Trinajstić information content (AvgIpc) is 3.18. The number of nitrogens with one attached hydrogen (secondary N) is 1. The topological polar surface area (TPSA) is 64.6 Å². The first kappa shape index (κ1) is 22.3. The molecule has 2 rings (SSSR count). The van der Waals surface area contributed by atoms with Gasteiger partial charge in [0.15, 0.2) is 5.96 Å². The molecule has 1 aromatic rings. The smallest absolute Gasteiger partial charge is 0.194 e. The lowest BCUT2D eigenvalue weighted by atomic mass is 10.1. The quantitative estimate of drug-likeness (QED) is 0.354. The number of aliphatic imine (C=N–C) groups is 1. The maximum absolute atomic E-state index is 5.96. The summed E-state index contributed by atoms with van der Waals surface area (Å²) in [5, 5.41) is 3.40. The van der Waals surface area contributed by atoms with Crippen molar-refractivity contribution in [3.63, 3.8) is 0 Å². The standard InChI is InChI=1S/C21H35N3O4/c1-5-22-21(24-11-10-18(15-24)16-27-13-12-25-3)23-14-17(2)28-20-8-6-19(26-4)7-9-20/h6-9,17-18H,5,10-16H2,1-4H3,(H,22,23). The molecule has 0 aliphatic carbocycles. The minimum absolute atomic E-state index is 0.0159. The van der Waals surface area contributed by atoms with Gasteiger partial charge in [0, 0.05) is 32.7 Å². The zero-order chi connectivity index (χ0) is 20.2. The van der Waals surface area contributed by atoms with Crippen LogP contribution in [0.3, 0.4) is 0 Å². The van der Waals surface area contributed by atoms with Gasteiger partial charge < -0.3 is 29.2 Å². The van der Waals surface area contributed by atoms with Gasteiger partial charge in [-0.25, -0.2) is 4.99 Å². The summed E-state index contributed by atoms with van der Waals surface area (Å²) in [7, 11) is 3.35. The van der Waals surface area contributed by atoms with Crippen molar-refractivity contribution in [3.05, 3.63) is 24.3 Å². The van der Waals surface area contributed by atoms with Gasteiger partial charge in [0.2, 0.25) is 0 Å². The summed E-state index contributed by atoms with van der Waals surface area (Å²) in [5.41, 5.74) is 0. The molecule has 1 N–H and O–H groups in total. The van der Waals surface area contributed by atoms with Crippen LogP contribution in [0.2, 0.25) is 0 Å². The van der Waals surface area contributed by atoms with Crippen LogP contribution in [-0.4, -0.2) is 77.2 Å². The molecule has 0 bridgehead atoms. The molecule has 2 atom stereocenters. The first-order chi connectivity index (χ1) is 13.7.